The summed E-state index contributed by atoms with van der Waals surface area (Å²) in [6, 6.07) is 0. The Morgan fingerprint density at radius 2 is 1.24 bits per heavy atom. The minimum Gasteiger partial charge on any atom is -0.478 e. The molecule has 0 N–H and O–H groups in total. The third-order valence-corrected chi connectivity index (χ3v) is 6.87. The smallest absolute Gasteiger partial charge is 0.462 e. The summed E-state index contributed by atoms with van der Waals surface area (Å²) in [6.45, 7) is 9.76. The zero-order valence-corrected chi connectivity index (χ0v) is 16.3. The fourth-order valence-corrected chi connectivity index (χ4v) is 5.49. The summed E-state index contributed by atoms with van der Waals surface area (Å²) < 4.78 is 12.1. The lowest BCUT2D eigenvalue weighted by Crippen LogP contribution is -2.26. The topological polar surface area (TPSA) is 18.5 Å². The first-order valence-electron chi connectivity index (χ1n) is 9.51. The fourth-order valence-electron chi connectivity index (χ4n) is 2.59. The monoisotopic (exact) mass is 314 g/mol. The molecule has 2 nitrogen and oxygen atoms in total. The predicted molar refractivity (Wildman–Crippen MR) is 95.1 cm³/mol. The maximum absolute atomic E-state index is 6.22. The van der Waals surface area contributed by atoms with E-state index in [1.165, 1.54) is 74.8 Å². The van der Waals surface area contributed by atoms with Crippen LogP contribution in [0.15, 0.2) is 0 Å². The van der Waals surface area contributed by atoms with Gasteiger partial charge in [0, 0.05) is 6.61 Å². The van der Waals surface area contributed by atoms with Crippen molar-refractivity contribution in [3.63, 3.8) is 0 Å². The van der Waals surface area contributed by atoms with E-state index >= 15 is 0 Å². The van der Waals surface area contributed by atoms with Crippen LogP contribution >= 0.6 is 0 Å². The first kappa shape index (κ1) is 21.5. The van der Waals surface area contributed by atoms with Crippen molar-refractivity contribution in [1.82, 2.24) is 0 Å². The van der Waals surface area contributed by atoms with Gasteiger partial charge in [0.15, 0.2) is 0 Å². The van der Waals surface area contributed by atoms with Gasteiger partial charge in [0.1, 0.15) is 6.29 Å². The number of hydrogen-bond acceptors (Lipinski definition) is 2. The van der Waals surface area contributed by atoms with E-state index in [-0.39, 0.29) is 6.29 Å². The Kier molecular flexibility index (Phi) is 17.2. The third-order valence-electron chi connectivity index (χ3n) is 3.99. The molecule has 0 fully saturated rings. The maximum Gasteiger partial charge on any atom is 0.462 e. The van der Waals surface area contributed by atoms with E-state index in [2.05, 4.69) is 27.7 Å². The third kappa shape index (κ3) is 15.1. The van der Waals surface area contributed by atoms with Crippen LogP contribution in [0, 0.1) is 0 Å². The zero-order valence-electron chi connectivity index (χ0n) is 15.2. The largest absolute Gasteiger partial charge is 0.478 e. The summed E-state index contributed by atoms with van der Waals surface area (Å²) >= 11 is -1.03. The van der Waals surface area contributed by atoms with Gasteiger partial charge in [0.25, 0.3) is 0 Å². The molecular formula is C18H39AlO2. The average molecular weight is 314 g/mol. The van der Waals surface area contributed by atoms with Crippen molar-refractivity contribution in [2.75, 3.05) is 6.61 Å². The quantitative estimate of drug-likeness (QED) is 0.188. The van der Waals surface area contributed by atoms with Crippen LogP contribution in [0.5, 0.6) is 0 Å². The Balaban J connectivity index is 3.63. The zero-order chi connectivity index (χ0) is 15.8. The highest BCUT2D eigenvalue weighted by Gasteiger charge is 2.21. The molecule has 0 aliphatic heterocycles. The van der Waals surface area contributed by atoms with E-state index in [0.29, 0.717) is 0 Å². The van der Waals surface area contributed by atoms with Gasteiger partial charge in [-0.3, -0.25) is 0 Å². The highest BCUT2D eigenvalue weighted by atomic mass is 27.2. The minimum atomic E-state index is -1.03. The van der Waals surface area contributed by atoms with Gasteiger partial charge < -0.3 is 8.53 Å². The molecule has 0 rings (SSSR count). The number of unbranched alkanes of at least 4 members (excludes halogenated alkanes) is 7. The Labute approximate surface area is 138 Å². The Morgan fingerprint density at radius 1 is 0.714 bits per heavy atom. The molecule has 0 spiro atoms. The highest BCUT2D eigenvalue weighted by Crippen LogP contribution is 2.14. The second-order valence-electron chi connectivity index (χ2n) is 6.25. The van der Waals surface area contributed by atoms with Crippen molar-refractivity contribution in [2.45, 2.75) is 109 Å². The molecule has 1 atom stereocenters. The number of hydrogen-bond donors (Lipinski definition) is 0. The lowest BCUT2D eigenvalue weighted by molar-refractivity contribution is -0.0709. The van der Waals surface area contributed by atoms with Crippen molar-refractivity contribution in [3.8, 4) is 0 Å². The van der Waals surface area contributed by atoms with E-state index in [1.54, 1.807) is 0 Å². The molecule has 21 heavy (non-hydrogen) atoms. The molecule has 0 saturated carbocycles. The summed E-state index contributed by atoms with van der Waals surface area (Å²) in [5.74, 6) is 0. The van der Waals surface area contributed by atoms with Crippen LogP contribution in [0.1, 0.15) is 91.9 Å². The van der Waals surface area contributed by atoms with Crippen molar-refractivity contribution in [3.05, 3.63) is 0 Å². The van der Waals surface area contributed by atoms with Crippen molar-refractivity contribution >= 4 is 14.5 Å². The molecule has 0 saturated heterocycles. The van der Waals surface area contributed by atoms with E-state index < -0.39 is 14.5 Å². The van der Waals surface area contributed by atoms with Gasteiger partial charge >= 0.3 is 14.5 Å². The standard InChI is InChI=1S/C10H21O2.2C4H9.Al/c1-3-4-5-6-7-8-9-12-10(2)11;2*1-3-4-2;/h10H,3-9H2,1-2H3;2*1,3-4H2,2H3;/q-1;;;+1. The maximum atomic E-state index is 6.22. The minimum absolute atomic E-state index is 0.0195. The first-order chi connectivity index (χ1) is 10.2. The van der Waals surface area contributed by atoms with Crippen LogP contribution in [0.4, 0.5) is 0 Å². The van der Waals surface area contributed by atoms with E-state index in [4.69, 9.17) is 8.53 Å². The van der Waals surface area contributed by atoms with E-state index in [0.717, 1.165) is 6.61 Å². The van der Waals surface area contributed by atoms with Crippen LogP contribution in [0.25, 0.3) is 0 Å². The van der Waals surface area contributed by atoms with Gasteiger partial charge in [0.2, 0.25) is 0 Å². The van der Waals surface area contributed by atoms with Crippen molar-refractivity contribution in [2.24, 2.45) is 0 Å². The van der Waals surface area contributed by atoms with Gasteiger partial charge in [-0.2, -0.15) is 0 Å². The van der Waals surface area contributed by atoms with Gasteiger partial charge in [-0.1, -0.05) is 89.1 Å². The fraction of sp³-hybridized carbons (Fsp3) is 1.00. The summed E-state index contributed by atoms with van der Waals surface area (Å²) in [5, 5.41) is 2.64. The van der Waals surface area contributed by atoms with E-state index in [9.17, 15) is 0 Å². The molecule has 0 aromatic carbocycles. The second-order valence-corrected chi connectivity index (χ2v) is 8.92. The molecule has 0 amide bonds. The summed E-state index contributed by atoms with van der Waals surface area (Å²) in [4.78, 5) is 0. The molecular weight excluding hydrogens is 275 g/mol. The van der Waals surface area contributed by atoms with Gasteiger partial charge in [-0.05, 0) is 13.3 Å². The van der Waals surface area contributed by atoms with Crippen molar-refractivity contribution < 1.29 is 8.53 Å². The van der Waals surface area contributed by atoms with Crippen LogP contribution in [0.2, 0.25) is 10.6 Å². The SMILES string of the molecule is CCCCCCCCOC(C)[O][Al]([CH2]CCC)[CH2]CCC. The van der Waals surface area contributed by atoms with Gasteiger partial charge in [-0.15, -0.1) is 0 Å². The van der Waals surface area contributed by atoms with E-state index in [1.807, 2.05) is 0 Å². The first-order valence-corrected chi connectivity index (χ1v) is 11.6. The lowest BCUT2D eigenvalue weighted by atomic mass is 10.1. The Morgan fingerprint density at radius 3 is 1.81 bits per heavy atom. The van der Waals surface area contributed by atoms with Gasteiger partial charge in [0.05, 0.1) is 0 Å². The van der Waals surface area contributed by atoms with Gasteiger partial charge in [-0.25, -0.2) is 0 Å². The lowest BCUT2D eigenvalue weighted by Gasteiger charge is -2.20. The second kappa shape index (κ2) is 16.8. The molecule has 3 heteroatoms. The molecule has 0 aliphatic rings. The van der Waals surface area contributed by atoms with Crippen LogP contribution in [-0.2, 0) is 8.53 Å². The highest BCUT2D eigenvalue weighted by molar-refractivity contribution is 6.51. The normalized spacial score (nSPS) is 12.6. The molecule has 0 bridgehead atoms. The molecule has 126 valence electrons. The molecule has 0 aromatic heterocycles. The van der Waals surface area contributed by atoms with Crippen LogP contribution in [0.3, 0.4) is 0 Å². The summed E-state index contributed by atoms with van der Waals surface area (Å²) in [6.07, 6.45) is 13.2. The van der Waals surface area contributed by atoms with Crippen LogP contribution in [-0.4, -0.2) is 27.4 Å². The summed E-state index contributed by atoms with van der Waals surface area (Å²) in [5.41, 5.74) is 0. The predicted octanol–water partition coefficient (Wildman–Crippen LogP) is 6.32. The molecule has 0 radical (unpaired) electrons. The summed E-state index contributed by atoms with van der Waals surface area (Å²) in [7, 11) is 0. The number of rotatable bonds is 16. The Bertz CT molecular complexity index is 192. The molecule has 0 heterocycles. The molecule has 1 unspecified atom stereocenters. The molecule has 0 aliphatic carbocycles. The average Bonchev–Trinajstić information content (AvgIpc) is 2.49. The van der Waals surface area contributed by atoms with Crippen LogP contribution < -0.4 is 0 Å². The number of ether oxygens (including phenoxy) is 1. The van der Waals surface area contributed by atoms with Crippen molar-refractivity contribution in [1.29, 1.82) is 0 Å². The molecule has 0 aromatic rings. The Hall–Kier alpha value is 0.452.